The predicted octanol–water partition coefficient (Wildman–Crippen LogP) is 2.74. The fourth-order valence-corrected chi connectivity index (χ4v) is 2.46. The molecular formula is C14H16BrN3O2. The first-order chi connectivity index (χ1) is 9.41. The van der Waals surface area contributed by atoms with E-state index in [1.54, 1.807) is 10.7 Å². The van der Waals surface area contributed by atoms with Crippen LogP contribution in [0.1, 0.15) is 27.3 Å². The zero-order valence-corrected chi connectivity index (χ0v) is 13.2. The molecule has 0 aliphatic carbocycles. The number of aromatic nitrogens is 2. The van der Waals surface area contributed by atoms with Crippen LogP contribution in [0.5, 0.6) is 0 Å². The minimum atomic E-state index is -0.425. The van der Waals surface area contributed by atoms with Crippen LogP contribution < -0.4 is 5.73 Å². The molecule has 1 aromatic carbocycles. The number of carbonyl (C=O) groups is 1. The molecule has 0 unspecified atom stereocenters. The highest BCUT2D eigenvalue weighted by Crippen LogP contribution is 2.22. The Morgan fingerprint density at radius 2 is 2.15 bits per heavy atom. The van der Waals surface area contributed by atoms with Crippen molar-refractivity contribution < 1.29 is 9.53 Å². The molecule has 6 heteroatoms. The first kappa shape index (κ1) is 14.6. The number of nitrogens with two attached hydrogens (primary N) is 1. The summed E-state index contributed by atoms with van der Waals surface area (Å²) in [6, 6.07) is 5.33. The third-order valence-corrected chi connectivity index (χ3v) is 4.14. The van der Waals surface area contributed by atoms with E-state index in [0.717, 1.165) is 21.4 Å². The molecule has 2 rings (SSSR count). The van der Waals surface area contributed by atoms with Crippen LogP contribution in [-0.2, 0) is 18.4 Å². The Kier molecular flexibility index (Phi) is 4.13. The van der Waals surface area contributed by atoms with Crippen LogP contribution in [0.25, 0.3) is 0 Å². The van der Waals surface area contributed by atoms with Crippen molar-refractivity contribution in [3.63, 3.8) is 0 Å². The van der Waals surface area contributed by atoms with Gasteiger partial charge in [-0.15, -0.1) is 0 Å². The molecule has 0 radical (unpaired) electrons. The Labute approximate surface area is 125 Å². The standard InChI is InChI=1S/C14H16BrN3O2/c1-8-5-4-6-10(16)12(8)14(19)20-7-11-13(15)9(2)17-18(11)3/h4-6H,7,16H2,1-3H3. The van der Waals surface area contributed by atoms with Gasteiger partial charge in [0.2, 0.25) is 0 Å². The van der Waals surface area contributed by atoms with Gasteiger partial charge in [0, 0.05) is 12.7 Å². The smallest absolute Gasteiger partial charge is 0.340 e. The number of hydrogen-bond acceptors (Lipinski definition) is 4. The Balaban J connectivity index is 2.17. The average Bonchev–Trinajstić information content (AvgIpc) is 2.61. The van der Waals surface area contributed by atoms with Gasteiger partial charge in [0.1, 0.15) is 6.61 Å². The summed E-state index contributed by atoms with van der Waals surface area (Å²) in [5.41, 5.74) is 9.14. The molecule has 106 valence electrons. The summed E-state index contributed by atoms with van der Waals surface area (Å²) in [5, 5.41) is 4.25. The number of nitrogens with zero attached hydrogens (tertiary/aromatic N) is 2. The minimum Gasteiger partial charge on any atom is -0.455 e. The van der Waals surface area contributed by atoms with Crippen molar-refractivity contribution in [1.29, 1.82) is 0 Å². The molecule has 0 bridgehead atoms. The maximum absolute atomic E-state index is 12.1. The number of hydrogen-bond donors (Lipinski definition) is 1. The molecule has 20 heavy (non-hydrogen) atoms. The minimum absolute atomic E-state index is 0.143. The van der Waals surface area contributed by atoms with Gasteiger partial charge in [-0.1, -0.05) is 12.1 Å². The molecule has 0 amide bonds. The number of aryl methyl sites for hydroxylation is 3. The highest BCUT2D eigenvalue weighted by Gasteiger charge is 2.17. The Bertz CT molecular complexity index is 644. The summed E-state index contributed by atoms with van der Waals surface area (Å²) in [7, 11) is 1.81. The molecule has 2 N–H and O–H groups in total. The molecule has 2 aromatic rings. The Morgan fingerprint density at radius 3 is 2.70 bits per heavy atom. The largest absolute Gasteiger partial charge is 0.455 e. The molecule has 1 aromatic heterocycles. The highest BCUT2D eigenvalue weighted by atomic mass is 79.9. The van der Waals surface area contributed by atoms with Crippen molar-refractivity contribution in [2.45, 2.75) is 20.5 Å². The molecule has 0 aliphatic rings. The number of benzene rings is 1. The summed E-state index contributed by atoms with van der Waals surface area (Å²) < 4.78 is 7.88. The van der Waals surface area contributed by atoms with Gasteiger partial charge in [0.05, 0.1) is 21.4 Å². The number of halogens is 1. The van der Waals surface area contributed by atoms with Gasteiger partial charge in [-0.3, -0.25) is 4.68 Å². The van der Waals surface area contributed by atoms with Crippen molar-refractivity contribution in [3.8, 4) is 0 Å². The van der Waals surface area contributed by atoms with Crippen molar-refractivity contribution >= 4 is 27.6 Å². The first-order valence-corrected chi connectivity index (χ1v) is 6.91. The SMILES string of the molecule is Cc1cccc(N)c1C(=O)OCc1c(Br)c(C)nn1C. The monoisotopic (exact) mass is 337 g/mol. The molecule has 0 saturated carbocycles. The van der Waals surface area contributed by atoms with Gasteiger partial charge in [-0.05, 0) is 41.4 Å². The second-order valence-corrected chi connectivity index (χ2v) is 5.38. The van der Waals surface area contributed by atoms with E-state index in [1.165, 1.54) is 0 Å². The lowest BCUT2D eigenvalue weighted by Crippen LogP contribution is -2.11. The van der Waals surface area contributed by atoms with E-state index in [9.17, 15) is 4.79 Å². The summed E-state index contributed by atoms with van der Waals surface area (Å²) in [4.78, 5) is 12.1. The van der Waals surface area contributed by atoms with Gasteiger partial charge < -0.3 is 10.5 Å². The van der Waals surface area contributed by atoms with E-state index in [-0.39, 0.29) is 6.61 Å². The summed E-state index contributed by atoms with van der Waals surface area (Å²) in [5.74, 6) is -0.425. The van der Waals surface area contributed by atoms with E-state index in [1.807, 2.05) is 33.0 Å². The number of nitrogen functional groups attached to an aromatic ring is 1. The van der Waals surface area contributed by atoms with E-state index >= 15 is 0 Å². The van der Waals surface area contributed by atoms with E-state index in [0.29, 0.717) is 11.3 Å². The van der Waals surface area contributed by atoms with Gasteiger partial charge in [-0.25, -0.2) is 4.79 Å². The van der Waals surface area contributed by atoms with Gasteiger partial charge in [0.15, 0.2) is 0 Å². The lowest BCUT2D eigenvalue weighted by atomic mass is 10.1. The summed E-state index contributed by atoms with van der Waals surface area (Å²) >= 11 is 3.44. The third kappa shape index (κ3) is 2.70. The fourth-order valence-electron chi connectivity index (χ4n) is 2.01. The van der Waals surface area contributed by atoms with Gasteiger partial charge >= 0.3 is 5.97 Å². The van der Waals surface area contributed by atoms with Crippen LogP contribution in [0.15, 0.2) is 22.7 Å². The molecule has 5 nitrogen and oxygen atoms in total. The predicted molar refractivity (Wildman–Crippen MR) is 80.4 cm³/mol. The number of ether oxygens (including phenoxy) is 1. The lowest BCUT2D eigenvalue weighted by molar-refractivity contribution is 0.0463. The van der Waals surface area contributed by atoms with E-state index < -0.39 is 5.97 Å². The van der Waals surface area contributed by atoms with E-state index in [2.05, 4.69) is 21.0 Å². The highest BCUT2D eigenvalue weighted by molar-refractivity contribution is 9.10. The molecule has 0 fully saturated rings. The van der Waals surface area contributed by atoms with Crippen LogP contribution in [0.3, 0.4) is 0 Å². The second kappa shape index (κ2) is 5.66. The first-order valence-electron chi connectivity index (χ1n) is 6.12. The van der Waals surface area contributed by atoms with Crippen molar-refractivity contribution in [1.82, 2.24) is 9.78 Å². The van der Waals surface area contributed by atoms with Crippen LogP contribution in [0, 0.1) is 13.8 Å². The molecule has 0 atom stereocenters. The van der Waals surface area contributed by atoms with Gasteiger partial charge in [0.25, 0.3) is 0 Å². The van der Waals surface area contributed by atoms with Crippen LogP contribution in [-0.4, -0.2) is 15.7 Å². The zero-order valence-electron chi connectivity index (χ0n) is 11.6. The molecule has 1 heterocycles. The number of esters is 1. The number of rotatable bonds is 3. The van der Waals surface area contributed by atoms with E-state index in [4.69, 9.17) is 10.5 Å². The molecular weight excluding hydrogens is 322 g/mol. The zero-order chi connectivity index (χ0) is 14.9. The lowest BCUT2D eigenvalue weighted by Gasteiger charge is -2.10. The summed E-state index contributed by atoms with van der Waals surface area (Å²) in [6.07, 6.45) is 0. The number of anilines is 1. The van der Waals surface area contributed by atoms with Crippen LogP contribution >= 0.6 is 15.9 Å². The topological polar surface area (TPSA) is 70.1 Å². The fraction of sp³-hybridized carbons (Fsp3) is 0.286. The van der Waals surface area contributed by atoms with Crippen molar-refractivity contribution in [3.05, 3.63) is 45.2 Å². The second-order valence-electron chi connectivity index (χ2n) is 4.58. The Hall–Kier alpha value is -1.82. The molecule has 0 spiro atoms. The van der Waals surface area contributed by atoms with Gasteiger partial charge in [-0.2, -0.15) is 5.10 Å². The van der Waals surface area contributed by atoms with Crippen molar-refractivity contribution in [2.75, 3.05) is 5.73 Å². The van der Waals surface area contributed by atoms with Crippen LogP contribution in [0.4, 0.5) is 5.69 Å². The maximum atomic E-state index is 12.1. The molecule has 0 saturated heterocycles. The normalized spacial score (nSPS) is 10.6. The van der Waals surface area contributed by atoms with Crippen molar-refractivity contribution in [2.24, 2.45) is 7.05 Å². The quantitative estimate of drug-likeness (QED) is 0.690. The van der Waals surface area contributed by atoms with Crippen LogP contribution in [0.2, 0.25) is 0 Å². The third-order valence-electron chi connectivity index (χ3n) is 3.11. The summed E-state index contributed by atoms with van der Waals surface area (Å²) in [6.45, 7) is 3.86. The maximum Gasteiger partial charge on any atom is 0.340 e. The molecule has 0 aliphatic heterocycles. The average molecular weight is 338 g/mol. The number of carbonyl (C=O) groups excluding carboxylic acids is 1. The Morgan fingerprint density at radius 1 is 1.45 bits per heavy atom.